The van der Waals surface area contributed by atoms with Crippen LogP contribution in [0.15, 0.2) is 24.3 Å². The monoisotopic (exact) mass is 249 g/mol. The van der Waals surface area contributed by atoms with Gasteiger partial charge in [0.2, 0.25) is 5.91 Å². The van der Waals surface area contributed by atoms with Gasteiger partial charge in [0.05, 0.1) is 6.42 Å². The maximum Gasteiger partial charge on any atom is 0.303 e. The maximum atomic E-state index is 11.9. The molecule has 0 aliphatic rings. The second kappa shape index (κ2) is 6.79. The van der Waals surface area contributed by atoms with E-state index in [0.29, 0.717) is 13.1 Å². The molecule has 0 heterocycles. The number of rotatable bonds is 6. The highest BCUT2D eigenvalue weighted by molar-refractivity contribution is 5.80. The first-order valence-electron chi connectivity index (χ1n) is 6.08. The van der Waals surface area contributed by atoms with Gasteiger partial charge in [-0.25, -0.2) is 0 Å². The molecule has 98 valence electrons. The first kappa shape index (κ1) is 14.2. The van der Waals surface area contributed by atoms with Gasteiger partial charge >= 0.3 is 5.97 Å². The van der Waals surface area contributed by atoms with Crippen LogP contribution >= 0.6 is 0 Å². The SMILES string of the molecule is CCN(Cc1ccccc1C)C(=O)CCC(=O)O. The molecule has 4 nitrogen and oxygen atoms in total. The van der Waals surface area contributed by atoms with Crippen LogP contribution in [0.1, 0.15) is 30.9 Å². The highest BCUT2D eigenvalue weighted by Crippen LogP contribution is 2.11. The van der Waals surface area contributed by atoms with E-state index in [1.165, 1.54) is 0 Å². The van der Waals surface area contributed by atoms with Crippen LogP contribution in [0.3, 0.4) is 0 Å². The van der Waals surface area contributed by atoms with Crippen molar-refractivity contribution < 1.29 is 14.7 Å². The molecule has 1 aromatic rings. The number of benzene rings is 1. The van der Waals surface area contributed by atoms with Gasteiger partial charge in [0.25, 0.3) is 0 Å². The lowest BCUT2D eigenvalue weighted by Crippen LogP contribution is -2.30. The van der Waals surface area contributed by atoms with Crippen LogP contribution in [0.2, 0.25) is 0 Å². The first-order valence-corrected chi connectivity index (χ1v) is 6.08. The summed E-state index contributed by atoms with van der Waals surface area (Å²) < 4.78 is 0. The van der Waals surface area contributed by atoms with Crippen molar-refractivity contribution in [3.05, 3.63) is 35.4 Å². The lowest BCUT2D eigenvalue weighted by Gasteiger charge is -2.21. The van der Waals surface area contributed by atoms with Gasteiger partial charge in [0.15, 0.2) is 0 Å². The summed E-state index contributed by atoms with van der Waals surface area (Å²) in [6, 6.07) is 7.90. The van der Waals surface area contributed by atoms with Gasteiger partial charge in [0.1, 0.15) is 0 Å². The summed E-state index contributed by atoms with van der Waals surface area (Å²) in [4.78, 5) is 24.0. The zero-order valence-corrected chi connectivity index (χ0v) is 10.8. The lowest BCUT2D eigenvalue weighted by atomic mass is 10.1. The lowest BCUT2D eigenvalue weighted by molar-refractivity contribution is -0.141. The molecule has 0 aliphatic heterocycles. The Morgan fingerprint density at radius 1 is 1.22 bits per heavy atom. The number of aryl methyl sites for hydroxylation is 1. The summed E-state index contributed by atoms with van der Waals surface area (Å²) in [6.45, 7) is 5.04. The number of nitrogens with zero attached hydrogens (tertiary/aromatic N) is 1. The van der Waals surface area contributed by atoms with E-state index in [1.54, 1.807) is 4.90 Å². The number of carboxylic acids is 1. The molecule has 0 fully saturated rings. The molecule has 0 saturated carbocycles. The Morgan fingerprint density at radius 2 is 1.89 bits per heavy atom. The molecule has 1 rings (SSSR count). The molecule has 18 heavy (non-hydrogen) atoms. The summed E-state index contributed by atoms with van der Waals surface area (Å²) in [6.07, 6.45) is -0.0435. The van der Waals surface area contributed by atoms with E-state index in [0.717, 1.165) is 11.1 Å². The Labute approximate surface area is 107 Å². The van der Waals surface area contributed by atoms with Crippen LogP contribution in [0.25, 0.3) is 0 Å². The van der Waals surface area contributed by atoms with Crippen molar-refractivity contribution in [1.29, 1.82) is 0 Å². The van der Waals surface area contributed by atoms with Crippen molar-refractivity contribution in [2.75, 3.05) is 6.54 Å². The second-order valence-electron chi connectivity index (χ2n) is 4.23. The van der Waals surface area contributed by atoms with Crippen LogP contribution in [0.4, 0.5) is 0 Å². The minimum atomic E-state index is -0.935. The molecule has 1 N–H and O–H groups in total. The second-order valence-corrected chi connectivity index (χ2v) is 4.23. The predicted molar refractivity (Wildman–Crippen MR) is 69.1 cm³/mol. The van der Waals surface area contributed by atoms with Crippen LogP contribution in [0.5, 0.6) is 0 Å². The quantitative estimate of drug-likeness (QED) is 0.841. The van der Waals surface area contributed by atoms with Crippen molar-refractivity contribution in [1.82, 2.24) is 4.90 Å². The normalized spacial score (nSPS) is 10.1. The minimum absolute atomic E-state index is 0.0645. The van der Waals surface area contributed by atoms with Crippen molar-refractivity contribution >= 4 is 11.9 Å². The largest absolute Gasteiger partial charge is 0.481 e. The fourth-order valence-electron chi connectivity index (χ4n) is 1.74. The summed E-state index contributed by atoms with van der Waals surface area (Å²) in [7, 11) is 0. The average Bonchev–Trinajstić information content (AvgIpc) is 2.35. The van der Waals surface area contributed by atoms with Crippen molar-refractivity contribution in [3.63, 3.8) is 0 Å². The third-order valence-corrected chi connectivity index (χ3v) is 2.91. The number of hydrogen-bond donors (Lipinski definition) is 1. The number of amides is 1. The van der Waals surface area contributed by atoms with E-state index in [9.17, 15) is 9.59 Å². The Hall–Kier alpha value is -1.84. The average molecular weight is 249 g/mol. The fourth-order valence-corrected chi connectivity index (χ4v) is 1.74. The highest BCUT2D eigenvalue weighted by atomic mass is 16.4. The molecule has 1 amide bonds. The molecule has 1 aromatic carbocycles. The van der Waals surface area contributed by atoms with Gasteiger partial charge in [-0.05, 0) is 25.0 Å². The van der Waals surface area contributed by atoms with Crippen molar-refractivity contribution in [2.45, 2.75) is 33.2 Å². The Kier molecular flexibility index (Phi) is 5.36. The molecule has 0 saturated heterocycles. The molecule has 0 aliphatic carbocycles. The Morgan fingerprint density at radius 3 is 2.44 bits per heavy atom. The highest BCUT2D eigenvalue weighted by Gasteiger charge is 2.14. The third-order valence-electron chi connectivity index (χ3n) is 2.91. The fraction of sp³-hybridized carbons (Fsp3) is 0.429. The zero-order chi connectivity index (χ0) is 13.5. The number of carbonyl (C=O) groups is 2. The predicted octanol–water partition coefficient (Wildman–Crippen LogP) is 2.21. The number of carbonyl (C=O) groups excluding carboxylic acids is 1. The van der Waals surface area contributed by atoms with Gasteiger partial charge in [-0.1, -0.05) is 24.3 Å². The minimum Gasteiger partial charge on any atom is -0.481 e. The Balaban J connectivity index is 2.64. The van der Waals surface area contributed by atoms with Crippen molar-refractivity contribution in [2.24, 2.45) is 0 Å². The van der Waals surface area contributed by atoms with Crippen LogP contribution in [0, 0.1) is 6.92 Å². The maximum absolute atomic E-state index is 11.9. The molecule has 0 aromatic heterocycles. The molecule has 0 spiro atoms. The number of carboxylic acid groups (broad SMARTS) is 1. The standard InChI is InChI=1S/C14H19NO3/c1-3-15(13(16)8-9-14(17)18)10-12-7-5-4-6-11(12)2/h4-7H,3,8-10H2,1-2H3,(H,17,18). The molecule has 0 radical (unpaired) electrons. The smallest absolute Gasteiger partial charge is 0.303 e. The van der Waals surface area contributed by atoms with Crippen LogP contribution in [-0.4, -0.2) is 28.4 Å². The summed E-state index contributed by atoms with van der Waals surface area (Å²) >= 11 is 0. The van der Waals surface area contributed by atoms with Gasteiger partial charge in [-0.2, -0.15) is 0 Å². The van der Waals surface area contributed by atoms with Gasteiger partial charge in [-0.15, -0.1) is 0 Å². The topological polar surface area (TPSA) is 57.6 Å². The van der Waals surface area contributed by atoms with Crippen LogP contribution < -0.4 is 0 Å². The summed E-state index contributed by atoms with van der Waals surface area (Å²) in [5.41, 5.74) is 2.24. The van der Waals surface area contributed by atoms with E-state index in [2.05, 4.69) is 0 Å². The number of aliphatic carboxylic acids is 1. The van der Waals surface area contributed by atoms with Crippen LogP contribution in [-0.2, 0) is 16.1 Å². The van der Waals surface area contributed by atoms with E-state index < -0.39 is 5.97 Å². The third kappa shape index (κ3) is 4.20. The molecular weight excluding hydrogens is 230 g/mol. The van der Waals surface area contributed by atoms with E-state index in [1.807, 2.05) is 38.1 Å². The molecule has 0 unspecified atom stereocenters. The molecule has 4 heteroatoms. The Bertz CT molecular complexity index is 429. The van der Waals surface area contributed by atoms with Gasteiger partial charge in [-0.3, -0.25) is 9.59 Å². The summed E-state index contributed by atoms with van der Waals surface area (Å²) in [5.74, 6) is -1.04. The molecule has 0 atom stereocenters. The summed E-state index contributed by atoms with van der Waals surface area (Å²) in [5, 5.41) is 8.58. The first-order chi connectivity index (χ1) is 8.54. The van der Waals surface area contributed by atoms with Gasteiger partial charge < -0.3 is 10.0 Å². The molecule has 0 bridgehead atoms. The number of hydrogen-bond acceptors (Lipinski definition) is 2. The molecular formula is C14H19NO3. The van der Waals surface area contributed by atoms with E-state index in [4.69, 9.17) is 5.11 Å². The van der Waals surface area contributed by atoms with E-state index >= 15 is 0 Å². The van der Waals surface area contributed by atoms with Gasteiger partial charge in [0, 0.05) is 19.5 Å². The van der Waals surface area contributed by atoms with E-state index in [-0.39, 0.29) is 18.7 Å². The zero-order valence-electron chi connectivity index (χ0n) is 10.8. The van der Waals surface area contributed by atoms with Crippen molar-refractivity contribution in [3.8, 4) is 0 Å².